The van der Waals surface area contributed by atoms with Crippen LogP contribution >= 0.6 is 12.4 Å². The average molecular weight is 357 g/mol. The van der Waals surface area contributed by atoms with Crippen molar-refractivity contribution in [3.63, 3.8) is 0 Å². The highest BCUT2D eigenvalue weighted by Crippen LogP contribution is 2.16. The van der Waals surface area contributed by atoms with Crippen molar-refractivity contribution in [2.45, 2.75) is 59.9 Å². The molecule has 2 rings (SSSR count). The molecule has 0 spiro atoms. The first-order valence-electron chi connectivity index (χ1n) is 8.97. The quantitative estimate of drug-likeness (QED) is 0.789. The van der Waals surface area contributed by atoms with E-state index < -0.39 is 0 Å². The molecule has 1 aromatic heterocycles. The van der Waals surface area contributed by atoms with Gasteiger partial charge in [-0.1, -0.05) is 13.8 Å². The summed E-state index contributed by atoms with van der Waals surface area (Å²) in [5.74, 6) is 1.32. The van der Waals surface area contributed by atoms with Crippen LogP contribution in [0.25, 0.3) is 0 Å². The number of rotatable bonds is 7. The molecule has 1 aliphatic heterocycles. The predicted molar refractivity (Wildman–Crippen MR) is 101 cm³/mol. The van der Waals surface area contributed by atoms with Gasteiger partial charge in [-0.05, 0) is 63.6 Å². The van der Waals surface area contributed by atoms with E-state index in [1.807, 2.05) is 6.92 Å². The second kappa shape index (κ2) is 10.0. The first kappa shape index (κ1) is 21.0. The zero-order valence-corrected chi connectivity index (χ0v) is 16.3. The van der Waals surface area contributed by atoms with E-state index in [9.17, 15) is 4.79 Å². The van der Waals surface area contributed by atoms with Crippen LogP contribution in [0.3, 0.4) is 0 Å². The summed E-state index contributed by atoms with van der Waals surface area (Å²) >= 11 is 0. The van der Waals surface area contributed by atoms with Crippen LogP contribution in [0.1, 0.15) is 50.1 Å². The number of amides is 1. The summed E-state index contributed by atoms with van der Waals surface area (Å²) in [5, 5.41) is 11.1. The molecular weight excluding hydrogens is 324 g/mol. The van der Waals surface area contributed by atoms with Crippen molar-refractivity contribution < 1.29 is 4.79 Å². The van der Waals surface area contributed by atoms with E-state index in [1.165, 1.54) is 24.1 Å². The molecule has 24 heavy (non-hydrogen) atoms. The summed E-state index contributed by atoms with van der Waals surface area (Å²) in [6.45, 7) is 12.4. The van der Waals surface area contributed by atoms with Crippen LogP contribution in [0.15, 0.2) is 0 Å². The van der Waals surface area contributed by atoms with E-state index in [1.54, 1.807) is 0 Å². The van der Waals surface area contributed by atoms with E-state index in [0.29, 0.717) is 18.3 Å². The lowest BCUT2D eigenvalue weighted by Crippen LogP contribution is -2.38. The Balaban J connectivity index is 0.00000288. The molecule has 0 aromatic carbocycles. The molecule has 1 amide bonds. The summed E-state index contributed by atoms with van der Waals surface area (Å²) in [5.41, 5.74) is 3.51. The zero-order valence-electron chi connectivity index (χ0n) is 15.5. The van der Waals surface area contributed by atoms with Crippen LogP contribution in [0.2, 0.25) is 0 Å². The first-order valence-corrected chi connectivity index (χ1v) is 8.97. The maximum atomic E-state index is 12.1. The molecule has 1 aromatic rings. The maximum absolute atomic E-state index is 12.1. The lowest BCUT2D eigenvalue weighted by molar-refractivity contribution is -0.121. The SMILES string of the molecule is Cc1nn(CC(C)C)c(C)c1CCC(=O)NCC1CCCNC1.Cl. The summed E-state index contributed by atoms with van der Waals surface area (Å²) in [7, 11) is 0. The predicted octanol–water partition coefficient (Wildman–Crippen LogP) is 2.63. The molecule has 0 saturated carbocycles. The smallest absolute Gasteiger partial charge is 0.220 e. The van der Waals surface area contributed by atoms with Gasteiger partial charge in [-0.3, -0.25) is 9.48 Å². The fourth-order valence-electron chi connectivity index (χ4n) is 3.30. The number of carbonyl (C=O) groups excluding carboxylic acids is 1. The van der Waals surface area contributed by atoms with Gasteiger partial charge in [0.1, 0.15) is 0 Å². The van der Waals surface area contributed by atoms with Gasteiger partial charge < -0.3 is 10.6 Å². The van der Waals surface area contributed by atoms with Crippen molar-refractivity contribution in [2.75, 3.05) is 19.6 Å². The molecule has 5 nitrogen and oxygen atoms in total. The Bertz CT molecular complexity index is 521. The van der Waals surface area contributed by atoms with Crippen molar-refractivity contribution in [1.82, 2.24) is 20.4 Å². The molecule has 6 heteroatoms. The molecule has 2 heterocycles. The Hall–Kier alpha value is -1.07. The lowest BCUT2D eigenvalue weighted by atomic mass is 9.99. The Morgan fingerprint density at radius 2 is 2.17 bits per heavy atom. The van der Waals surface area contributed by atoms with E-state index >= 15 is 0 Å². The lowest BCUT2D eigenvalue weighted by Gasteiger charge is -2.22. The third-order valence-electron chi connectivity index (χ3n) is 4.66. The van der Waals surface area contributed by atoms with Crippen molar-refractivity contribution in [3.8, 4) is 0 Å². The molecule has 1 unspecified atom stereocenters. The van der Waals surface area contributed by atoms with Gasteiger partial charge >= 0.3 is 0 Å². The standard InChI is InChI=1S/C18H32N4O.ClH/c1-13(2)12-22-15(4)17(14(3)21-22)7-8-18(23)20-11-16-6-5-9-19-10-16;/h13,16,19H,5-12H2,1-4H3,(H,20,23);1H. The maximum Gasteiger partial charge on any atom is 0.220 e. The molecule has 1 atom stereocenters. The van der Waals surface area contributed by atoms with Crippen LogP contribution in [-0.4, -0.2) is 35.3 Å². The summed E-state index contributed by atoms with van der Waals surface area (Å²) in [6.07, 6.45) is 3.77. The van der Waals surface area contributed by atoms with Crippen molar-refractivity contribution in [1.29, 1.82) is 0 Å². The number of aromatic nitrogens is 2. The minimum absolute atomic E-state index is 0. The van der Waals surface area contributed by atoms with Gasteiger partial charge in [-0.2, -0.15) is 5.10 Å². The van der Waals surface area contributed by atoms with Crippen LogP contribution in [-0.2, 0) is 17.8 Å². The van der Waals surface area contributed by atoms with Gasteiger partial charge in [0.2, 0.25) is 5.91 Å². The molecular formula is C18H33ClN4O. The second-order valence-corrected chi connectivity index (χ2v) is 7.24. The number of piperidine rings is 1. The number of hydrogen-bond acceptors (Lipinski definition) is 3. The third-order valence-corrected chi connectivity index (χ3v) is 4.66. The molecule has 1 fully saturated rings. The summed E-state index contributed by atoms with van der Waals surface area (Å²) in [6, 6.07) is 0. The van der Waals surface area contributed by atoms with E-state index in [0.717, 1.165) is 38.3 Å². The van der Waals surface area contributed by atoms with Gasteiger partial charge in [0.05, 0.1) is 5.69 Å². The van der Waals surface area contributed by atoms with Gasteiger partial charge in [0.15, 0.2) is 0 Å². The first-order chi connectivity index (χ1) is 11.0. The zero-order chi connectivity index (χ0) is 16.8. The highest BCUT2D eigenvalue weighted by molar-refractivity contribution is 5.85. The fraction of sp³-hybridized carbons (Fsp3) is 0.778. The molecule has 2 N–H and O–H groups in total. The van der Waals surface area contributed by atoms with Crippen LogP contribution in [0.5, 0.6) is 0 Å². The van der Waals surface area contributed by atoms with Crippen LogP contribution in [0, 0.1) is 25.7 Å². The fourth-order valence-corrected chi connectivity index (χ4v) is 3.30. The number of carbonyl (C=O) groups is 1. The number of nitrogens with one attached hydrogen (secondary N) is 2. The van der Waals surface area contributed by atoms with Crippen molar-refractivity contribution in [3.05, 3.63) is 17.0 Å². The van der Waals surface area contributed by atoms with E-state index in [2.05, 4.69) is 41.2 Å². The number of aryl methyl sites for hydroxylation is 1. The Labute approximate surface area is 152 Å². The molecule has 0 aliphatic carbocycles. The van der Waals surface area contributed by atoms with Gasteiger partial charge in [0.25, 0.3) is 0 Å². The monoisotopic (exact) mass is 356 g/mol. The molecule has 1 aliphatic rings. The van der Waals surface area contributed by atoms with Gasteiger partial charge in [-0.15, -0.1) is 12.4 Å². The summed E-state index contributed by atoms with van der Waals surface area (Å²) in [4.78, 5) is 12.1. The highest BCUT2D eigenvalue weighted by Gasteiger charge is 2.16. The molecule has 0 bridgehead atoms. The molecule has 0 radical (unpaired) electrons. The minimum atomic E-state index is 0. The minimum Gasteiger partial charge on any atom is -0.356 e. The Morgan fingerprint density at radius 3 is 2.79 bits per heavy atom. The van der Waals surface area contributed by atoms with Crippen LogP contribution in [0.4, 0.5) is 0 Å². The average Bonchev–Trinajstić information content (AvgIpc) is 2.77. The number of nitrogens with zero attached hydrogens (tertiary/aromatic N) is 2. The second-order valence-electron chi connectivity index (χ2n) is 7.24. The highest BCUT2D eigenvalue weighted by atomic mass is 35.5. The third kappa shape index (κ3) is 6.10. The Morgan fingerprint density at radius 1 is 1.42 bits per heavy atom. The van der Waals surface area contributed by atoms with E-state index in [-0.39, 0.29) is 18.3 Å². The molecule has 1 saturated heterocycles. The van der Waals surface area contributed by atoms with Gasteiger partial charge in [0, 0.05) is 25.2 Å². The number of hydrogen-bond donors (Lipinski definition) is 2. The number of halogens is 1. The normalized spacial score (nSPS) is 17.6. The topological polar surface area (TPSA) is 59.0 Å². The molecule has 138 valence electrons. The van der Waals surface area contributed by atoms with Crippen molar-refractivity contribution in [2.24, 2.45) is 11.8 Å². The van der Waals surface area contributed by atoms with E-state index in [4.69, 9.17) is 0 Å². The Kier molecular flexibility index (Phi) is 8.78. The van der Waals surface area contributed by atoms with Gasteiger partial charge in [-0.25, -0.2) is 0 Å². The summed E-state index contributed by atoms with van der Waals surface area (Å²) < 4.78 is 2.08. The largest absolute Gasteiger partial charge is 0.356 e. The van der Waals surface area contributed by atoms with Crippen LogP contribution < -0.4 is 10.6 Å². The van der Waals surface area contributed by atoms with Crippen molar-refractivity contribution >= 4 is 18.3 Å².